The number of benzene rings is 1. The normalized spacial score (nSPS) is 26.3. The topological polar surface area (TPSA) is 0 Å². The Bertz CT molecular complexity index is 714. The van der Waals surface area contributed by atoms with Crippen molar-refractivity contribution in [2.24, 2.45) is 5.41 Å². The van der Waals surface area contributed by atoms with E-state index in [1.54, 1.807) is 39.1 Å². The molecule has 3 heteroatoms. The molecular weight excluding hydrogens is 402 g/mol. The van der Waals surface area contributed by atoms with Crippen LogP contribution in [0.15, 0.2) is 49.8 Å². The molecule has 1 aromatic carbocycles. The summed E-state index contributed by atoms with van der Waals surface area (Å²) in [6.07, 6.45) is 0. The van der Waals surface area contributed by atoms with E-state index in [1.807, 2.05) is 0 Å². The van der Waals surface area contributed by atoms with Crippen molar-refractivity contribution >= 4 is 5.57 Å². The first-order valence-electron chi connectivity index (χ1n) is 7.73. The zero-order chi connectivity index (χ0) is 15.5. The molecule has 0 spiro atoms. The molecule has 23 heavy (non-hydrogen) atoms. The maximum atomic E-state index is 2.45. The Morgan fingerprint density at radius 2 is 1.48 bits per heavy atom. The minimum Gasteiger partial charge on any atom is -1.00 e. The van der Waals surface area contributed by atoms with Gasteiger partial charge in [-0.3, -0.25) is 0 Å². The summed E-state index contributed by atoms with van der Waals surface area (Å²) < 4.78 is 1.62. The van der Waals surface area contributed by atoms with Gasteiger partial charge in [0.25, 0.3) is 0 Å². The van der Waals surface area contributed by atoms with Crippen LogP contribution >= 0.6 is 0 Å². The van der Waals surface area contributed by atoms with Gasteiger partial charge in [-0.1, -0.05) is 0 Å². The molecule has 2 aliphatic carbocycles. The van der Waals surface area contributed by atoms with Crippen LogP contribution in [0.4, 0.5) is 0 Å². The molecule has 2 unspecified atom stereocenters. The Balaban J connectivity index is 0.00000132. The van der Waals surface area contributed by atoms with Crippen LogP contribution in [-0.4, -0.2) is 0 Å². The summed E-state index contributed by atoms with van der Waals surface area (Å²) >= 11 is 1.56. The fourth-order valence-electron chi connectivity index (χ4n) is 4.39. The maximum Gasteiger partial charge on any atom is -1.00 e. The van der Waals surface area contributed by atoms with Crippen molar-refractivity contribution in [3.05, 3.63) is 61.0 Å². The van der Waals surface area contributed by atoms with Gasteiger partial charge in [-0.15, -0.1) is 0 Å². The van der Waals surface area contributed by atoms with Gasteiger partial charge < -0.3 is 24.8 Å². The molecule has 0 nitrogen and oxygen atoms in total. The third-order valence-electron chi connectivity index (χ3n) is 5.96. The van der Waals surface area contributed by atoms with Crippen LogP contribution in [0.2, 0.25) is 0 Å². The van der Waals surface area contributed by atoms with E-state index in [4.69, 9.17) is 0 Å². The van der Waals surface area contributed by atoms with Crippen LogP contribution in [0.1, 0.15) is 58.6 Å². The third kappa shape index (κ3) is 2.68. The third-order valence-corrected chi connectivity index (χ3v) is 8.11. The zero-order valence-electron chi connectivity index (χ0n) is 14.6. The van der Waals surface area contributed by atoms with E-state index < -0.39 is 0 Å². The van der Waals surface area contributed by atoms with E-state index in [-0.39, 0.29) is 30.2 Å². The van der Waals surface area contributed by atoms with Crippen molar-refractivity contribution in [3.8, 4) is 0 Å². The quantitative estimate of drug-likeness (QED) is 0.583. The molecule has 0 radical (unpaired) electrons. The number of halogens is 2. The zero-order valence-corrected chi connectivity index (χ0v) is 18.6. The fraction of sp³-hybridized carbons (Fsp3) is 0.400. The fourth-order valence-corrected chi connectivity index (χ4v) is 5.65. The maximum absolute atomic E-state index is 2.45. The Labute approximate surface area is 168 Å². The molecule has 0 aromatic heterocycles. The Morgan fingerprint density at radius 3 is 1.96 bits per heavy atom. The molecule has 0 bridgehead atoms. The molecule has 2 aliphatic rings. The molecule has 0 amide bonds. The van der Waals surface area contributed by atoms with E-state index in [9.17, 15) is 0 Å². The van der Waals surface area contributed by atoms with Gasteiger partial charge in [-0.05, 0) is 0 Å². The van der Waals surface area contributed by atoms with Crippen LogP contribution in [0.25, 0.3) is 5.57 Å². The molecule has 3 rings (SSSR count). The van der Waals surface area contributed by atoms with Crippen LogP contribution in [0.5, 0.6) is 0 Å². The first kappa shape index (κ1) is 20.9. The van der Waals surface area contributed by atoms with E-state index >= 15 is 0 Å². The standard InChI is InChI=1S/C20H23.2ClH.Zr/c1-12-11-20(6,16(5)13(12)2)19-14(3)17-9-7-8-10-18(17)15(19)4;;;/h7-10,14H,1-6H3;2*1H;/q;;;+2/p-2. The van der Waals surface area contributed by atoms with Gasteiger partial charge in [-0.25, -0.2) is 0 Å². The van der Waals surface area contributed by atoms with Crippen molar-refractivity contribution in [1.82, 2.24) is 0 Å². The first-order valence-corrected chi connectivity index (χ1v) is 8.96. The average Bonchev–Trinajstić information content (AvgIpc) is 2.82. The predicted molar refractivity (Wildman–Crippen MR) is 86.6 cm³/mol. The molecule has 0 fully saturated rings. The van der Waals surface area contributed by atoms with Crippen molar-refractivity contribution < 1.29 is 49.5 Å². The van der Waals surface area contributed by atoms with Gasteiger partial charge in [0.15, 0.2) is 0 Å². The van der Waals surface area contributed by atoms with Crippen molar-refractivity contribution in [2.45, 2.75) is 47.5 Å². The first-order chi connectivity index (χ1) is 9.81. The number of rotatable bonds is 1. The summed E-state index contributed by atoms with van der Waals surface area (Å²) in [6.45, 7) is 14.1. The van der Waals surface area contributed by atoms with Gasteiger partial charge in [0, 0.05) is 0 Å². The number of hydrogen-bond acceptors (Lipinski definition) is 0. The molecule has 0 heterocycles. The summed E-state index contributed by atoms with van der Waals surface area (Å²) in [4.78, 5) is 0. The second-order valence-corrected chi connectivity index (χ2v) is 7.95. The van der Waals surface area contributed by atoms with Crippen LogP contribution < -0.4 is 24.8 Å². The Morgan fingerprint density at radius 1 is 0.913 bits per heavy atom. The molecule has 0 N–H and O–H groups in total. The van der Waals surface area contributed by atoms with Gasteiger partial charge in [0.2, 0.25) is 0 Å². The minimum atomic E-state index is 0. The van der Waals surface area contributed by atoms with Gasteiger partial charge >= 0.3 is 144 Å². The molecule has 0 saturated carbocycles. The van der Waals surface area contributed by atoms with Crippen molar-refractivity contribution in [3.63, 3.8) is 0 Å². The molecule has 2 atom stereocenters. The largest absolute Gasteiger partial charge is 1.00 e. The van der Waals surface area contributed by atoms with E-state index in [0.29, 0.717) is 5.92 Å². The van der Waals surface area contributed by atoms with Gasteiger partial charge in [-0.2, -0.15) is 0 Å². The molecule has 0 aliphatic heterocycles. The van der Waals surface area contributed by atoms with Crippen molar-refractivity contribution in [2.75, 3.05) is 0 Å². The van der Waals surface area contributed by atoms with Gasteiger partial charge in [0.1, 0.15) is 0 Å². The van der Waals surface area contributed by atoms with E-state index in [0.717, 1.165) is 0 Å². The summed E-state index contributed by atoms with van der Waals surface area (Å²) in [5.41, 5.74) is 10.8. The molecular formula is C20H23Cl2Zr. The number of fused-ring (bicyclic) bond motifs is 1. The SMILES string of the molecule is CC1=C(C)C(C)(C2=C(C)c3ccccc3C2C)[C]([Zr+2])=C1C.[Cl-].[Cl-]. The average molecular weight is 426 g/mol. The second-order valence-electron chi connectivity index (χ2n) is 6.72. The monoisotopic (exact) mass is 423 g/mol. The summed E-state index contributed by atoms with van der Waals surface area (Å²) in [5.74, 6) is 0.523. The summed E-state index contributed by atoms with van der Waals surface area (Å²) in [5, 5.41) is 0. The van der Waals surface area contributed by atoms with E-state index in [1.165, 1.54) is 27.8 Å². The number of hydrogen-bond donors (Lipinski definition) is 0. The number of allylic oxidation sites excluding steroid dienone is 6. The molecule has 121 valence electrons. The van der Waals surface area contributed by atoms with Gasteiger partial charge in [0.05, 0.1) is 0 Å². The summed E-state index contributed by atoms with van der Waals surface area (Å²) in [6, 6.07) is 8.94. The molecule has 1 aromatic rings. The van der Waals surface area contributed by atoms with E-state index in [2.05, 4.69) is 65.8 Å². The molecule has 0 saturated heterocycles. The second kappa shape index (κ2) is 7.03. The van der Waals surface area contributed by atoms with Crippen molar-refractivity contribution in [1.29, 1.82) is 0 Å². The van der Waals surface area contributed by atoms with Crippen LogP contribution in [0.3, 0.4) is 0 Å². The predicted octanol–water partition coefficient (Wildman–Crippen LogP) is -0.238. The Hall–Kier alpha value is -0.0969. The van der Waals surface area contributed by atoms with Crippen LogP contribution in [-0.2, 0) is 24.7 Å². The Kier molecular flexibility index (Phi) is 6.40. The smallest absolute Gasteiger partial charge is 1.00 e. The van der Waals surface area contributed by atoms with Crippen LogP contribution in [0, 0.1) is 5.41 Å². The minimum absolute atomic E-state index is 0. The summed E-state index contributed by atoms with van der Waals surface area (Å²) in [7, 11) is 0.